The number of carbonyl (C=O) groups is 3. The molecule has 25 heavy (non-hydrogen) atoms. The van der Waals surface area contributed by atoms with Gasteiger partial charge in [0.2, 0.25) is 0 Å². The minimum Gasteiger partial charge on any atom is -0.481 e. The summed E-state index contributed by atoms with van der Waals surface area (Å²) in [6.07, 6.45) is 3.05. The summed E-state index contributed by atoms with van der Waals surface area (Å²) in [6.45, 7) is 15.9. The molecule has 0 rings (SSSR count). The topological polar surface area (TPSA) is 102 Å². The van der Waals surface area contributed by atoms with E-state index in [4.69, 9.17) is 14.6 Å². The van der Waals surface area contributed by atoms with Crippen molar-refractivity contribution < 1.29 is 29.0 Å². The van der Waals surface area contributed by atoms with Crippen LogP contribution in [0, 0.1) is 0 Å². The summed E-state index contributed by atoms with van der Waals surface area (Å²) < 4.78 is 9.98. The summed E-state index contributed by atoms with van der Waals surface area (Å²) in [6, 6.07) is -1.35. The number of nitrogens with one attached hydrogen (secondary N) is 1. The van der Waals surface area contributed by atoms with Crippen molar-refractivity contribution in [2.75, 3.05) is 6.61 Å². The van der Waals surface area contributed by atoms with Crippen LogP contribution in [-0.2, 0) is 19.1 Å². The quantitative estimate of drug-likeness (QED) is 0.512. The number of hydrogen-bond donors (Lipinski definition) is 2. The van der Waals surface area contributed by atoms with Crippen molar-refractivity contribution in [3.8, 4) is 0 Å². The van der Waals surface area contributed by atoms with E-state index in [0.29, 0.717) is 5.57 Å². The zero-order valence-electron chi connectivity index (χ0n) is 15.6. The summed E-state index contributed by atoms with van der Waals surface area (Å²) in [5.74, 6) is -2.14. The molecular weight excluding hydrogens is 326 g/mol. The van der Waals surface area contributed by atoms with E-state index in [0.717, 1.165) is 0 Å². The summed E-state index contributed by atoms with van der Waals surface area (Å²) in [7, 11) is 0. The molecule has 0 aromatic heterocycles. The first-order valence-electron chi connectivity index (χ1n) is 7.91. The Balaban J connectivity index is 0. The van der Waals surface area contributed by atoms with Gasteiger partial charge in [0.1, 0.15) is 18.2 Å². The molecule has 0 aliphatic rings. The van der Waals surface area contributed by atoms with Gasteiger partial charge in [-0.15, -0.1) is 0 Å². The van der Waals surface area contributed by atoms with Gasteiger partial charge in [0, 0.05) is 0 Å². The molecule has 0 bridgehead atoms. The van der Waals surface area contributed by atoms with Crippen LogP contribution in [0.3, 0.4) is 0 Å². The standard InChI is InChI=1S/C16H23NO6.C2H6/c1-6-8-11(7-2)10-22-14(20)12(9-13(18)19)17-15(21)23-16(3,4)5;1-2/h6-8,12H,1-2,9-10H2,3-5H3,(H,17,21)(H,18,19);1-2H3/b11-8+;. The van der Waals surface area contributed by atoms with E-state index in [1.165, 1.54) is 12.2 Å². The molecule has 0 aromatic rings. The van der Waals surface area contributed by atoms with E-state index in [1.54, 1.807) is 26.8 Å². The molecule has 1 unspecified atom stereocenters. The molecule has 0 saturated carbocycles. The fourth-order valence-electron chi connectivity index (χ4n) is 1.40. The number of rotatable bonds is 8. The Morgan fingerprint density at radius 1 is 1.20 bits per heavy atom. The average Bonchev–Trinajstić information content (AvgIpc) is 2.50. The summed E-state index contributed by atoms with van der Waals surface area (Å²) in [5.41, 5.74) is -0.190. The normalized spacial score (nSPS) is 12.0. The van der Waals surface area contributed by atoms with Gasteiger partial charge >= 0.3 is 18.0 Å². The third-order valence-corrected chi connectivity index (χ3v) is 2.33. The Bertz CT molecular complexity index is 502. The first kappa shape index (κ1) is 24.7. The summed E-state index contributed by atoms with van der Waals surface area (Å²) in [5, 5.41) is 11.0. The molecular formula is C18H29NO6. The van der Waals surface area contributed by atoms with Gasteiger partial charge < -0.3 is 19.9 Å². The Kier molecular flexibility index (Phi) is 12.6. The van der Waals surface area contributed by atoms with E-state index in [-0.39, 0.29) is 6.61 Å². The molecule has 1 atom stereocenters. The molecule has 0 aliphatic carbocycles. The second kappa shape index (κ2) is 12.8. The number of hydrogen-bond acceptors (Lipinski definition) is 5. The van der Waals surface area contributed by atoms with Gasteiger partial charge in [0.25, 0.3) is 0 Å². The first-order valence-corrected chi connectivity index (χ1v) is 7.91. The van der Waals surface area contributed by atoms with Crippen molar-refractivity contribution in [1.29, 1.82) is 0 Å². The Hall–Kier alpha value is -2.57. The third kappa shape index (κ3) is 13.6. The number of aliphatic carboxylic acids is 1. The van der Waals surface area contributed by atoms with Crippen molar-refractivity contribution in [2.24, 2.45) is 0 Å². The number of esters is 1. The van der Waals surface area contributed by atoms with Gasteiger partial charge in [-0.25, -0.2) is 9.59 Å². The van der Waals surface area contributed by atoms with Gasteiger partial charge in [0.15, 0.2) is 0 Å². The minimum absolute atomic E-state index is 0.111. The van der Waals surface area contributed by atoms with Crippen molar-refractivity contribution in [3.05, 3.63) is 37.0 Å². The zero-order valence-corrected chi connectivity index (χ0v) is 15.6. The van der Waals surface area contributed by atoms with Gasteiger partial charge in [0.05, 0.1) is 6.42 Å². The first-order chi connectivity index (χ1) is 11.6. The fourth-order valence-corrected chi connectivity index (χ4v) is 1.40. The Morgan fingerprint density at radius 3 is 2.16 bits per heavy atom. The number of allylic oxidation sites excluding steroid dienone is 2. The number of carbonyl (C=O) groups excluding carboxylic acids is 2. The van der Waals surface area contributed by atoms with Crippen LogP contribution in [0.1, 0.15) is 41.0 Å². The molecule has 142 valence electrons. The second-order valence-electron chi connectivity index (χ2n) is 5.59. The van der Waals surface area contributed by atoms with Crippen LogP contribution in [0.2, 0.25) is 0 Å². The largest absolute Gasteiger partial charge is 0.481 e. The van der Waals surface area contributed by atoms with E-state index in [2.05, 4.69) is 18.5 Å². The lowest BCUT2D eigenvalue weighted by Gasteiger charge is -2.22. The van der Waals surface area contributed by atoms with Gasteiger partial charge in [-0.1, -0.05) is 45.2 Å². The van der Waals surface area contributed by atoms with Crippen LogP contribution in [0.15, 0.2) is 37.0 Å². The van der Waals surface area contributed by atoms with E-state index in [1.807, 2.05) is 13.8 Å². The number of carboxylic acid groups (broad SMARTS) is 1. The zero-order chi connectivity index (χ0) is 20.0. The molecule has 0 aliphatic heterocycles. The van der Waals surface area contributed by atoms with Crippen LogP contribution in [0.5, 0.6) is 0 Å². The molecule has 0 heterocycles. The van der Waals surface area contributed by atoms with E-state index in [9.17, 15) is 14.4 Å². The van der Waals surface area contributed by atoms with Gasteiger partial charge in [-0.05, 0) is 26.3 Å². The predicted octanol–water partition coefficient (Wildman–Crippen LogP) is 3.22. The van der Waals surface area contributed by atoms with Crippen LogP contribution in [-0.4, -0.2) is 41.4 Å². The van der Waals surface area contributed by atoms with Crippen LogP contribution >= 0.6 is 0 Å². The van der Waals surface area contributed by atoms with Crippen molar-refractivity contribution in [1.82, 2.24) is 5.32 Å². The monoisotopic (exact) mass is 355 g/mol. The Morgan fingerprint density at radius 2 is 1.76 bits per heavy atom. The SMILES string of the molecule is C=C/C=C(\C=C)COC(=O)C(CC(=O)O)NC(=O)OC(C)(C)C.CC. The lowest BCUT2D eigenvalue weighted by Crippen LogP contribution is -2.45. The summed E-state index contributed by atoms with van der Waals surface area (Å²) in [4.78, 5) is 34.5. The lowest BCUT2D eigenvalue weighted by molar-refractivity contribution is -0.149. The highest BCUT2D eigenvalue weighted by Gasteiger charge is 2.27. The van der Waals surface area contributed by atoms with Crippen LogP contribution in [0.4, 0.5) is 4.79 Å². The van der Waals surface area contributed by atoms with Crippen molar-refractivity contribution >= 4 is 18.0 Å². The van der Waals surface area contributed by atoms with Crippen molar-refractivity contribution in [3.63, 3.8) is 0 Å². The highest BCUT2D eigenvalue weighted by atomic mass is 16.6. The smallest absolute Gasteiger partial charge is 0.408 e. The average molecular weight is 355 g/mol. The third-order valence-electron chi connectivity index (χ3n) is 2.33. The molecule has 0 saturated heterocycles. The number of alkyl carbamates (subject to hydrolysis) is 1. The maximum atomic E-state index is 12.0. The maximum Gasteiger partial charge on any atom is 0.408 e. The number of carboxylic acids is 1. The molecule has 7 nitrogen and oxygen atoms in total. The van der Waals surface area contributed by atoms with Crippen LogP contribution < -0.4 is 5.32 Å². The highest BCUT2D eigenvalue weighted by molar-refractivity contribution is 5.85. The molecule has 0 spiro atoms. The molecule has 2 N–H and O–H groups in total. The van der Waals surface area contributed by atoms with E-state index >= 15 is 0 Å². The lowest BCUT2D eigenvalue weighted by atomic mass is 10.2. The molecule has 1 amide bonds. The predicted molar refractivity (Wildman–Crippen MR) is 96.2 cm³/mol. The number of amides is 1. The fraction of sp³-hybridized carbons (Fsp3) is 0.500. The Labute approximate surface area is 149 Å². The van der Waals surface area contributed by atoms with Gasteiger partial charge in [-0.2, -0.15) is 0 Å². The maximum absolute atomic E-state index is 12.0. The molecule has 7 heteroatoms. The minimum atomic E-state index is -1.35. The molecule has 0 fully saturated rings. The van der Waals surface area contributed by atoms with Gasteiger partial charge in [-0.3, -0.25) is 4.79 Å². The summed E-state index contributed by atoms with van der Waals surface area (Å²) >= 11 is 0. The highest BCUT2D eigenvalue weighted by Crippen LogP contribution is 2.08. The van der Waals surface area contributed by atoms with Crippen molar-refractivity contribution in [2.45, 2.75) is 52.7 Å². The molecule has 0 aromatic carbocycles. The second-order valence-corrected chi connectivity index (χ2v) is 5.59. The van der Waals surface area contributed by atoms with Crippen LogP contribution in [0.25, 0.3) is 0 Å². The number of ether oxygens (including phenoxy) is 2. The van der Waals surface area contributed by atoms with E-state index < -0.39 is 36.1 Å². The molecule has 0 radical (unpaired) electrons.